The van der Waals surface area contributed by atoms with Crippen molar-refractivity contribution < 1.29 is 4.79 Å². The number of guanidine groups is 1. The number of amides is 1. The van der Waals surface area contributed by atoms with Gasteiger partial charge >= 0.3 is 0 Å². The Hall–Kier alpha value is -0.530. The quantitative estimate of drug-likeness (QED) is 0.370. The van der Waals surface area contributed by atoms with E-state index in [2.05, 4.69) is 34.4 Å². The number of likely N-dealkylation sites (tertiary alicyclic amines) is 1. The molecule has 1 aliphatic rings. The third-order valence-electron chi connectivity index (χ3n) is 4.79. The number of carbonyl (C=O) groups is 1. The zero-order chi connectivity index (χ0) is 17.5. The van der Waals surface area contributed by atoms with E-state index >= 15 is 0 Å². The molecule has 1 rings (SSSR count). The maximum atomic E-state index is 12.1. The van der Waals surface area contributed by atoms with Crippen molar-refractivity contribution in [3.8, 4) is 0 Å². The summed E-state index contributed by atoms with van der Waals surface area (Å²) < 4.78 is 0. The Kier molecular flexibility index (Phi) is 10.2. The van der Waals surface area contributed by atoms with Gasteiger partial charge in [0.15, 0.2) is 5.96 Å². The van der Waals surface area contributed by atoms with Gasteiger partial charge in [0.2, 0.25) is 5.91 Å². The van der Waals surface area contributed by atoms with Crippen LogP contribution in [-0.2, 0) is 4.79 Å². The minimum absolute atomic E-state index is 0. The highest BCUT2D eigenvalue weighted by Crippen LogP contribution is 2.33. The molecule has 0 aliphatic carbocycles. The van der Waals surface area contributed by atoms with Gasteiger partial charge in [-0.25, -0.2) is 0 Å². The molecule has 0 radical (unpaired) electrons. The van der Waals surface area contributed by atoms with E-state index in [4.69, 9.17) is 0 Å². The maximum Gasteiger partial charge on any atom is 0.227 e. The Morgan fingerprint density at radius 1 is 1.29 bits per heavy atom. The molecule has 1 amide bonds. The number of carbonyl (C=O) groups excluding carboxylic acids is 1. The van der Waals surface area contributed by atoms with Crippen LogP contribution in [0.1, 0.15) is 60.3 Å². The molecule has 1 unspecified atom stereocenters. The third kappa shape index (κ3) is 6.76. The molecule has 0 bridgehead atoms. The van der Waals surface area contributed by atoms with Crippen LogP contribution in [0.5, 0.6) is 0 Å². The van der Waals surface area contributed by atoms with Gasteiger partial charge in [0.25, 0.3) is 0 Å². The van der Waals surface area contributed by atoms with Gasteiger partial charge in [0.05, 0.1) is 5.41 Å². The molecular formula is C18H37IN4O. The van der Waals surface area contributed by atoms with Gasteiger partial charge in [0.1, 0.15) is 0 Å². The normalized spacial score (nSPS) is 21.9. The molecule has 24 heavy (non-hydrogen) atoms. The first-order valence-corrected chi connectivity index (χ1v) is 9.02. The molecule has 0 aromatic heterocycles. The smallest absolute Gasteiger partial charge is 0.227 e. The lowest BCUT2D eigenvalue weighted by Gasteiger charge is -2.42. The highest BCUT2D eigenvalue weighted by Gasteiger charge is 2.33. The number of halogens is 1. The van der Waals surface area contributed by atoms with Crippen LogP contribution >= 0.6 is 24.0 Å². The molecule has 1 atom stereocenters. The van der Waals surface area contributed by atoms with Gasteiger partial charge in [-0.15, -0.1) is 24.0 Å². The van der Waals surface area contributed by atoms with Crippen LogP contribution in [0.4, 0.5) is 0 Å². The van der Waals surface area contributed by atoms with E-state index in [-0.39, 0.29) is 29.9 Å². The van der Waals surface area contributed by atoms with Crippen molar-refractivity contribution >= 4 is 35.8 Å². The average molecular weight is 452 g/mol. The molecule has 5 nitrogen and oxygen atoms in total. The van der Waals surface area contributed by atoms with Crippen LogP contribution in [0.15, 0.2) is 4.99 Å². The summed E-state index contributed by atoms with van der Waals surface area (Å²) in [6, 6.07) is 0. The average Bonchev–Trinajstić information content (AvgIpc) is 2.48. The summed E-state index contributed by atoms with van der Waals surface area (Å²) in [4.78, 5) is 18.9. The van der Waals surface area contributed by atoms with Crippen molar-refractivity contribution in [3.05, 3.63) is 0 Å². The van der Waals surface area contributed by atoms with E-state index in [1.165, 1.54) is 25.7 Å². The van der Waals surface area contributed by atoms with E-state index in [1.807, 2.05) is 27.8 Å². The monoisotopic (exact) mass is 452 g/mol. The predicted octanol–water partition coefficient (Wildman–Crippen LogP) is 3.24. The fraction of sp³-hybridized carbons (Fsp3) is 0.889. The minimum Gasteiger partial charge on any atom is -0.356 e. The zero-order valence-electron chi connectivity index (χ0n) is 16.4. The predicted molar refractivity (Wildman–Crippen MR) is 113 cm³/mol. The second-order valence-electron chi connectivity index (χ2n) is 7.73. The van der Waals surface area contributed by atoms with Crippen molar-refractivity contribution in [1.82, 2.24) is 15.5 Å². The molecule has 6 heteroatoms. The number of piperidine rings is 1. The lowest BCUT2D eigenvalue weighted by Crippen LogP contribution is -2.53. The molecule has 0 saturated carbocycles. The molecule has 1 saturated heterocycles. The number of aliphatic imine (C=N–C) groups is 1. The summed E-state index contributed by atoms with van der Waals surface area (Å²) in [5, 5.41) is 6.32. The second-order valence-corrected chi connectivity index (χ2v) is 7.73. The molecule has 0 aromatic carbocycles. The number of nitrogens with one attached hydrogen (secondary N) is 2. The molecule has 1 aliphatic heterocycles. The summed E-state index contributed by atoms with van der Waals surface area (Å²) in [7, 11) is 1.83. The standard InChI is InChI=1S/C18H36N4O.HI/c1-7-10-18(5)11-9-12-22(14-18)16(19-6)21-13-17(3,4)15(23)20-8-2;/h7-14H2,1-6H3,(H,19,21)(H,20,23);1H. The van der Waals surface area contributed by atoms with Crippen molar-refractivity contribution in [2.45, 2.75) is 60.3 Å². The highest BCUT2D eigenvalue weighted by atomic mass is 127. The van der Waals surface area contributed by atoms with Crippen LogP contribution in [-0.4, -0.2) is 50.0 Å². The molecular weight excluding hydrogens is 415 g/mol. The Labute approximate surface area is 165 Å². The van der Waals surface area contributed by atoms with Crippen LogP contribution in [0.3, 0.4) is 0 Å². The first-order chi connectivity index (χ1) is 10.8. The van der Waals surface area contributed by atoms with Gasteiger partial charge in [0, 0.05) is 33.2 Å². The van der Waals surface area contributed by atoms with E-state index < -0.39 is 5.41 Å². The zero-order valence-corrected chi connectivity index (χ0v) is 18.7. The topological polar surface area (TPSA) is 56.7 Å². The van der Waals surface area contributed by atoms with Crippen molar-refractivity contribution in [3.63, 3.8) is 0 Å². The lowest BCUT2D eigenvalue weighted by molar-refractivity contribution is -0.128. The van der Waals surface area contributed by atoms with Crippen LogP contribution in [0.2, 0.25) is 0 Å². The second kappa shape index (κ2) is 10.5. The number of hydrogen-bond donors (Lipinski definition) is 2. The highest BCUT2D eigenvalue weighted by molar-refractivity contribution is 14.0. The Morgan fingerprint density at radius 2 is 1.96 bits per heavy atom. The summed E-state index contributed by atoms with van der Waals surface area (Å²) in [6.07, 6.45) is 4.97. The molecule has 2 N–H and O–H groups in total. The summed E-state index contributed by atoms with van der Waals surface area (Å²) in [6.45, 7) is 13.9. The van der Waals surface area contributed by atoms with Gasteiger partial charge in [-0.2, -0.15) is 0 Å². The first kappa shape index (κ1) is 23.5. The molecule has 0 aromatic rings. The SMILES string of the molecule is CCCC1(C)CCCN(C(=NC)NCC(C)(C)C(=O)NCC)C1.I. The van der Waals surface area contributed by atoms with E-state index in [0.29, 0.717) is 18.5 Å². The maximum absolute atomic E-state index is 12.1. The third-order valence-corrected chi connectivity index (χ3v) is 4.79. The Morgan fingerprint density at radius 3 is 2.50 bits per heavy atom. The molecule has 142 valence electrons. The number of nitrogens with zero attached hydrogens (tertiary/aromatic N) is 2. The van der Waals surface area contributed by atoms with Crippen LogP contribution in [0.25, 0.3) is 0 Å². The van der Waals surface area contributed by atoms with Crippen LogP contribution in [0, 0.1) is 10.8 Å². The summed E-state index contributed by atoms with van der Waals surface area (Å²) in [5.41, 5.74) is -0.0752. The number of rotatable bonds is 6. The Bertz CT molecular complexity index is 421. The lowest BCUT2D eigenvalue weighted by atomic mass is 9.78. The molecule has 0 spiro atoms. The largest absolute Gasteiger partial charge is 0.356 e. The summed E-state index contributed by atoms with van der Waals surface area (Å²) >= 11 is 0. The van der Waals surface area contributed by atoms with Gasteiger partial charge in [-0.1, -0.05) is 20.3 Å². The fourth-order valence-electron chi connectivity index (χ4n) is 3.42. The molecule has 1 heterocycles. The summed E-state index contributed by atoms with van der Waals surface area (Å²) in [5.74, 6) is 1.00. The van der Waals surface area contributed by atoms with Gasteiger partial charge < -0.3 is 15.5 Å². The van der Waals surface area contributed by atoms with Crippen LogP contribution < -0.4 is 10.6 Å². The Balaban J connectivity index is 0.00000529. The fourth-order valence-corrected chi connectivity index (χ4v) is 3.42. The van der Waals surface area contributed by atoms with E-state index in [0.717, 1.165) is 19.0 Å². The first-order valence-electron chi connectivity index (χ1n) is 9.02. The number of hydrogen-bond acceptors (Lipinski definition) is 2. The van der Waals surface area contributed by atoms with E-state index in [1.54, 1.807) is 0 Å². The van der Waals surface area contributed by atoms with Crippen molar-refractivity contribution in [2.24, 2.45) is 15.8 Å². The van der Waals surface area contributed by atoms with Crippen molar-refractivity contribution in [1.29, 1.82) is 0 Å². The van der Waals surface area contributed by atoms with E-state index in [9.17, 15) is 4.79 Å². The molecule has 1 fully saturated rings. The minimum atomic E-state index is -0.450. The van der Waals surface area contributed by atoms with Gasteiger partial charge in [-0.3, -0.25) is 9.79 Å². The van der Waals surface area contributed by atoms with Gasteiger partial charge in [-0.05, 0) is 45.4 Å². The van der Waals surface area contributed by atoms with Crippen molar-refractivity contribution in [2.75, 3.05) is 33.2 Å².